The van der Waals surface area contributed by atoms with Crippen molar-refractivity contribution in [1.29, 1.82) is 0 Å². The first-order valence-electron chi connectivity index (χ1n) is 9.05. The van der Waals surface area contributed by atoms with Gasteiger partial charge in [-0.05, 0) is 31.2 Å². The lowest BCUT2D eigenvalue weighted by atomic mass is 10.1. The zero-order valence-corrected chi connectivity index (χ0v) is 16.8. The van der Waals surface area contributed by atoms with Crippen LogP contribution in [0.1, 0.15) is 5.69 Å². The topological polar surface area (TPSA) is 106 Å². The van der Waals surface area contributed by atoms with Gasteiger partial charge in [0.15, 0.2) is 5.58 Å². The maximum absolute atomic E-state index is 12.6. The summed E-state index contributed by atoms with van der Waals surface area (Å²) in [6.45, 7) is 2.50. The number of hydrogen-bond donors (Lipinski definition) is 2. The summed E-state index contributed by atoms with van der Waals surface area (Å²) in [4.78, 5) is 16.1. The SMILES string of the molecule is Cc1cc(NCCNS(=O)(=O)c2ccc3c(c2)oc(=O)n3C)c2ccccc2n1. The maximum Gasteiger partial charge on any atom is 0.419 e. The van der Waals surface area contributed by atoms with Crippen LogP contribution >= 0.6 is 0 Å². The van der Waals surface area contributed by atoms with Gasteiger partial charge in [0.1, 0.15) is 0 Å². The van der Waals surface area contributed by atoms with Crippen LogP contribution in [0.15, 0.2) is 62.6 Å². The van der Waals surface area contributed by atoms with E-state index in [0.717, 1.165) is 22.3 Å². The third-order valence-corrected chi connectivity index (χ3v) is 6.11. The van der Waals surface area contributed by atoms with Crippen molar-refractivity contribution in [2.75, 3.05) is 18.4 Å². The Morgan fingerprint density at radius 3 is 2.72 bits per heavy atom. The van der Waals surface area contributed by atoms with Crippen LogP contribution in [0.25, 0.3) is 22.0 Å². The van der Waals surface area contributed by atoms with Crippen molar-refractivity contribution in [3.05, 3.63) is 64.8 Å². The van der Waals surface area contributed by atoms with Gasteiger partial charge in [-0.1, -0.05) is 18.2 Å². The Morgan fingerprint density at radius 2 is 1.90 bits per heavy atom. The van der Waals surface area contributed by atoms with Gasteiger partial charge in [0, 0.05) is 43.0 Å². The molecule has 0 saturated heterocycles. The van der Waals surface area contributed by atoms with Gasteiger partial charge in [0.2, 0.25) is 10.0 Å². The molecule has 0 aliphatic rings. The summed E-state index contributed by atoms with van der Waals surface area (Å²) in [5, 5.41) is 4.24. The highest BCUT2D eigenvalue weighted by Crippen LogP contribution is 2.22. The van der Waals surface area contributed by atoms with Gasteiger partial charge >= 0.3 is 5.76 Å². The minimum atomic E-state index is -3.73. The number of sulfonamides is 1. The van der Waals surface area contributed by atoms with Crippen molar-refractivity contribution >= 4 is 37.7 Å². The summed E-state index contributed by atoms with van der Waals surface area (Å²) < 4.78 is 34.1. The second kappa shape index (κ2) is 7.34. The summed E-state index contributed by atoms with van der Waals surface area (Å²) in [5.74, 6) is -0.536. The smallest absolute Gasteiger partial charge is 0.408 e. The Morgan fingerprint density at radius 1 is 1.10 bits per heavy atom. The van der Waals surface area contributed by atoms with Crippen LogP contribution in [-0.2, 0) is 17.1 Å². The van der Waals surface area contributed by atoms with Gasteiger partial charge in [0.25, 0.3) is 0 Å². The molecule has 0 bridgehead atoms. The minimum absolute atomic E-state index is 0.0459. The number of pyridine rings is 1. The molecule has 2 aromatic carbocycles. The molecule has 0 amide bonds. The highest BCUT2D eigenvalue weighted by atomic mass is 32.2. The predicted octanol–water partition coefficient (Wildman–Crippen LogP) is 2.38. The number of nitrogens with one attached hydrogen (secondary N) is 2. The summed E-state index contributed by atoms with van der Waals surface area (Å²) in [6.07, 6.45) is 0. The Hall–Kier alpha value is -3.17. The first kappa shape index (κ1) is 19.2. The Bertz CT molecular complexity index is 1370. The Kier molecular flexibility index (Phi) is 4.85. The normalized spacial score (nSPS) is 11.9. The van der Waals surface area contributed by atoms with E-state index in [4.69, 9.17) is 4.42 Å². The summed E-state index contributed by atoms with van der Waals surface area (Å²) in [7, 11) is -2.17. The van der Waals surface area contributed by atoms with Crippen molar-refractivity contribution in [1.82, 2.24) is 14.3 Å². The van der Waals surface area contributed by atoms with Gasteiger partial charge in [-0.3, -0.25) is 9.55 Å². The van der Waals surface area contributed by atoms with E-state index < -0.39 is 15.8 Å². The van der Waals surface area contributed by atoms with Crippen LogP contribution in [0.4, 0.5) is 5.69 Å². The van der Waals surface area contributed by atoms with Crippen molar-refractivity contribution in [3.63, 3.8) is 0 Å². The third-order valence-electron chi connectivity index (χ3n) is 4.65. The fourth-order valence-electron chi connectivity index (χ4n) is 3.20. The van der Waals surface area contributed by atoms with E-state index in [-0.39, 0.29) is 17.0 Å². The van der Waals surface area contributed by atoms with E-state index >= 15 is 0 Å². The van der Waals surface area contributed by atoms with Crippen molar-refractivity contribution < 1.29 is 12.8 Å². The van der Waals surface area contributed by atoms with Crippen LogP contribution in [0.3, 0.4) is 0 Å². The van der Waals surface area contributed by atoms with E-state index in [0.29, 0.717) is 12.1 Å². The number of anilines is 1. The summed E-state index contributed by atoms with van der Waals surface area (Å²) in [6, 6.07) is 14.1. The predicted molar refractivity (Wildman–Crippen MR) is 112 cm³/mol. The molecule has 9 heteroatoms. The van der Waals surface area contributed by atoms with Crippen LogP contribution in [0.2, 0.25) is 0 Å². The summed E-state index contributed by atoms with van der Waals surface area (Å²) in [5.41, 5.74) is 3.44. The molecule has 2 heterocycles. The van der Waals surface area contributed by atoms with Gasteiger partial charge in [-0.15, -0.1) is 0 Å². The lowest BCUT2D eigenvalue weighted by Crippen LogP contribution is -2.29. The van der Waals surface area contributed by atoms with Crippen LogP contribution in [-0.4, -0.2) is 31.1 Å². The molecule has 8 nitrogen and oxygen atoms in total. The molecular weight excluding hydrogens is 392 g/mol. The van der Waals surface area contributed by atoms with Crippen molar-refractivity contribution in [2.45, 2.75) is 11.8 Å². The Labute approximate surface area is 167 Å². The second-order valence-corrected chi connectivity index (χ2v) is 8.48. The van der Waals surface area contributed by atoms with E-state index in [9.17, 15) is 13.2 Å². The van der Waals surface area contributed by atoms with Crippen LogP contribution in [0.5, 0.6) is 0 Å². The standard InChI is InChI=1S/C20H20N4O4S/c1-13-11-17(15-5-3-4-6-16(15)23-13)21-9-10-22-29(26,27)14-7-8-18-19(12-14)28-20(25)24(18)2/h3-8,11-12,22H,9-10H2,1-2H3,(H,21,23). The monoisotopic (exact) mass is 412 g/mol. The summed E-state index contributed by atoms with van der Waals surface area (Å²) >= 11 is 0. The third kappa shape index (κ3) is 3.74. The highest BCUT2D eigenvalue weighted by Gasteiger charge is 2.16. The zero-order valence-electron chi connectivity index (χ0n) is 16.0. The number of hydrogen-bond acceptors (Lipinski definition) is 6. The maximum atomic E-state index is 12.6. The van der Waals surface area contributed by atoms with Crippen LogP contribution in [0, 0.1) is 6.92 Å². The largest absolute Gasteiger partial charge is 0.419 e. The average molecular weight is 412 g/mol. The fourth-order valence-corrected chi connectivity index (χ4v) is 4.25. The number of para-hydroxylation sites is 1. The van der Waals surface area contributed by atoms with Gasteiger partial charge < -0.3 is 9.73 Å². The quantitative estimate of drug-likeness (QED) is 0.471. The molecule has 4 rings (SSSR count). The first-order chi connectivity index (χ1) is 13.8. The highest BCUT2D eigenvalue weighted by molar-refractivity contribution is 7.89. The Balaban J connectivity index is 1.46. The lowest BCUT2D eigenvalue weighted by Gasteiger charge is -2.12. The fraction of sp³-hybridized carbons (Fsp3) is 0.200. The number of aromatic nitrogens is 2. The van der Waals surface area contributed by atoms with E-state index in [1.807, 2.05) is 37.3 Å². The molecule has 150 valence electrons. The molecule has 0 atom stereocenters. The zero-order chi connectivity index (χ0) is 20.6. The molecule has 0 saturated carbocycles. The van der Waals surface area contributed by atoms with E-state index in [1.54, 1.807) is 13.1 Å². The van der Waals surface area contributed by atoms with E-state index in [1.165, 1.54) is 16.7 Å². The average Bonchev–Trinajstić information content (AvgIpc) is 2.98. The molecule has 0 aliphatic heterocycles. The molecule has 0 spiro atoms. The van der Waals surface area contributed by atoms with Crippen molar-refractivity contribution in [2.24, 2.45) is 7.05 Å². The molecule has 0 unspecified atom stereocenters. The minimum Gasteiger partial charge on any atom is -0.408 e. The molecule has 2 N–H and O–H groups in total. The van der Waals surface area contributed by atoms with Gasteiger partial charge in [-0.25, -0.2) is 17.9 Å². The van der Waals surface area contributed by atoms with Gasteiger partial charge in [-0.2, -0.15) is 0 Å². The second-order valence-electron chi connectivity index (χ2n) is 6.71. The number of nitrogens with zero attached hydrogens (tertiary/aromatic N) is 2. The number of rotatable bonds is 6. The number of oxazole rings is 1. The molecule has 0 radical (unpaired) electrons. The molecular formula is C20H20N4O4S. The molecule has 4 aromatic rings. The first-order valence-corrected chi connectivity index (χ1v) is 10.5. The van der Waals surface area contributed by atoms with E-state index in [2.05, 4.69) is 15.0 Å². The van der Waals surface area contributed by atoms with Crippen LogP contribution < -0.4 is 15.8 Å². The lowest BCUT2D eigenvalue weighted by molar-refractivity contribution is 0.527. The molecule has 2 aromatic heterocycles. The number of aryl methyl sites for hydroxylation is 2. The number of fused-ring (bicyclic) bond motifs is 2. The van der Waals surface area contributed by atoms with Crippen molar-refractivity contribution in [3.8, 4) is 0 Å². The van der Waals surface area contributed by atoms with Gasteiger partial charge in [0.05, 0.1) is 15.9 Å². The number of benzene rings is 2. The molecule has 0 aliphatic carbocycles. The molecule has 29 heavy (non-hydrogen) atoms. The molecule has 0 fully saturated rings.